The lowest BCUT2D eigenvalue weighted by atomic mass is 10.1. The first-order chi connectivity index (χ1) is 16.6. The number of aryl methyl sites for hydroxylation is 2. The standard InChI is InChI=1S/C26H21BrN4O3/c27-19-12-13-21(20(16-19)24-29-26(33)34-30-24)28-25(32)23-15-18-10-4-5-11-22(18)31(23)14-6-9-17-7-2-1-3-8-17/h1-5,7-8,10-13,15-16H,6,9,14H2,(H,28,32)(H,29,30,33). The molecule has 3 aromatic carbocycles. The monoisotopic (exact) mass is 516 g/mol. The molecule has 0 aliphatic heterocycles. The van der Waals surface area contributed by atoms with Gasteiger partial charge in [0.15, 0.2) is 5.82 Å². The van der Waals surface area contributed by atoms with Gasteiger partial charge < -0.3 is 9.88 Å². The van der Waals surface area contributed by atoms with Crippen LogP contribution in [0.2, 0.25) is 0 Å². The van der Waals surface area contributed by atoms with Crippen LogP contribution < -0.4 is 11.1 Å². The van der Waals surface area contributed by atoms with Gasteiger partial charge in [0.2, 0.25) is 0 Å². The Labute approximate surface area is 203 Å². The van der Waals surface area contributed by atoms with Crippen LogP contribution >= 0.6 is 15.9 Å². The number of rotatable bonds is 7. The third kappa shape index (κ3) is 4.58. The smallest absolute Gasteiger partial charge is 0.336 e. The van der Waals surface area contributed by atoms with Gasteiger partial charge in [0.1, 0.15) is 5.69 Å². The van der Waals surface area contributed by atoms with Crippen LogP contribution in [-0.2, 0) is 13.0 Å². The molecule has 5 rings (SSSR count). The number of hydrogen-bond donors (Lipinski definition) is 2. The van der Waals surface area contributed by atoms with E-state index in [1.165, 1.54) is 5.56 Å². The van der Waals surface area contributed by atoms with Crippen molar-refractivity contribution in [1.82, 2.24) is 14.7 Å². The van der Waals surface area contributed by atoms with Gasteiger partial charge >= 0.3 is 5.76 Å². The summed E-state index contributed by atoms with van der Waals surface area (Å²) in [7, 11) is 0. The molecule has 0 saturated heterocycles. The molecule has 170 valence electrons. The molecule has 8 heteroatoms. The first-order valence-corrected chi connectivity index (χ1v) is 11.7. The van der Waals surface area contributed by atoms with E-state index in [1.54, 1.807) is 12.1 Å². The third-order valence-corrected chi connectivity index (χ3v) is 6.15. The second-order valence-electron chi connectivity index (χ2n) is 7.92. The van der Waals surface area contributed by atoms with E-state index < -0.39 is 5.76 Å². The van der Waals surface area contributed by atoms with E-state index in [9.17, 15) is 9.59 Å². The van der Waals surface area contributed by atoms with Crippen molar-refractivity contribution in [1.29, 1.82) is 0 Å². The molecule has 0 spiro atoms. The molecule has 5 aromatic rings. The maximum absolute atomic E-state index is 13.5. The molecule has 34 heavy (non-hydrogen) atoms. The Morgan fingerprint density at radius 1 is 1.03 bits per heavy atom. The van der Waals surface area contributed by atoms with Crippen molar-refractivity contribution >= 4 is 38.4 Å². The minimum atomic E-state index is -0.661. The first-order valence-electron chi connectivity index (χ1n) is 10.9. The average Bonchev–Trinajstić information content (AvgIpc) is 3.45. The second kappa shape index (κ2) is 9.52. The summed E-state index contributed by atoms with van der Waals surface area (Å²) in [5.41, 5.74) is 3.90. The van der Waals surface area contributed by atoms with E-state index >= 15 is 0 Å². The molecule has 0 bridgehead atoms. The van der Waals surface area contributed by atoms with E-state index in [0.29, 0.717) is 23.5 Å². The summed E-state index contributed by atoms with van der Waals surface area (Å²) < 4.78 is 7.49. The largest absolute Gasteiger partial charge is 0.439 e. The van der Waals surface area contributed by atoms with Gasteiger partial charge in [-0.15, -0.1) is 0 Å². The average molecular weight is 517 g/mol. The highest BCUT2D eigenvalue weighted by atomic mass is 79.9. The number of nitrogens with one attached hydrogen (secondary N) is 2. The predicted octanol–water partition coefficient (Wildman–Crippen LogP) is 5.63. The number of aromatic nitrogens is 3. The van der Waals surface area contributed by atoms with Gasteiger partial charge in [-0.25, -0.2) is 4.79 Å². The fourth-order valence-corrected chi connectivity index (χ4v) is 4.44. The van der Waals surface area contributed by atoms with Gasteiger partial charge in [0, 0.05) is 27.5 Å². The van der Waals surface area contributed by atoms with Crippen molar-refractivity contribution in [2.75, 3.05) is 5.32 Å². The van der Waals surface area contributed by atoms with E-state index in [0.717, 1.165) is 28.2 Å². The summed E-state index contributed by atoms with van der Waals surface area (Å²) in [4.78, 5) is 27.5. The highest BCUT2D eigenvalue weighted by Crippen LogP contribution is 2.29. The van der Waals surface area contributed by atoms with Crippen LogP contribution in [0.15, 0.2) is 92.7 Å². The Balaban J connectivity index is 1.45. The van der Waals surface area contributed by atoms with Gasteiger partial charge in [0.05, 0.1) is 5.69 Å². The van der Waals surface area contributed by atoms with E-state index in [4.69, 9.17) is 0 Å². The normalized spacial score (nSPS) is 11.1. The van der Waals surface area contributed by atoms with Gasteiger partial charge in [-0.2, -0.15) is 0 Å². The number of para-hydroxylation sites is 1. The fraction of sp³-hybridized carbons (Fsp3) is 0.115. The molecule has 2 heterocycles. The third-order valence-electron chi connectivity index (χ3n) is 5.66. The number of carbonyl (C=O) groups excluding carboxylic acids is 1. The second-order valence-corrected chi connectivity index (χ2v) is 8.83. The Morgan fingerprint density at radius 3 is 2.62 bits per heavy atom. The van der Waals surface area contributed by atoms with E-state index in [1.807, 2.05) is 54.6 Å². The van der Waals surface area contributed by atoms with Crippen LogP contribution in [0.1, 0.15) is 22.5 Å². The highest BCUT2D eigenvalue weighted by Gasteiger charge is 2.18. The summed E-state index contributed by atoms with van der Waals surface area (Å²) in [5.74, 6) is -0.666. The summed E-state index contributed by atoms with van der Waals surface area (Å²) in [6.45, 7) is 0.703. The summed E-state index contributed by atoms with van der Waals surface area (Å²) in [6, 6.07) is 25.5. The quantitative estimate of drug-likeness (QED) is 0.293. The lowest BCUT2D eigenvalue weighted by Gasteiger charge is -2.13. The molecule has 0 unspecified atom stereocenters. The number of benzene rings is 3. The zero-order chi connectivity index (χ0) is 23.5. The van der Waals surface area contributed by atoms with Crippen LogP contribution in [0.25, 0.3) is 22.3 Å². The lowest BCUT2D eigenvalue weighted by molar-refractivity contribution is 0.101. The number of aromatic amines is 1. The molecular weight excluding hydrogens is 496 g/mol. The van der Waals surface area contributed by atoms with Crippen molar-refractivity contribution < 1.29 is 9.32 Å². The van der Waals surface area contributed by atoms with Crippen molar-refractivity contribution in [3.63, 3.8) is 0 Å². The SMILES string of the molecule is O=C(Nc1ccc(Br)cc1-c1noc(=O)[nH]1)c1cc2ccccc2n1CCCc1ccccc1. The van der Waals surface area contributed by atoms with Crippen molar-refractivity contribution in [2.45, 2.75) is 19.4 Å². The summed E-state index contributed by atoms with van der Waals surface area (Å²) in [5, 5.41) is 7.76. The number of halogens is 1. The first kappa shape index (κ1) is 21.9. The number of carbonyl (C=O) groups is 1. The molecule has 1 amide bonds. The van der Waals surface area contributed by atoms with Crippen molar-refractivity contribution in [3.05, 3.63) is 105 Å². The van der Waals surface area contributed by atoms with Gasteiger partial charge in [0.25, 0.3) is 5.91 Å². The van der Waals surface area contributed by atoms with Crippen LogP contribution in [0.4, 0.5) is 5.69 Å². The maximum Gasteiger partial charge on any atom is 0.439 e. The van der Waals surface area contributed by atoms with Gasteiger partial charge in [-0.1, -0.05) is 69.6 Å². The highest BCUT2D eigenvalue weighted by molar-refractivity contribution is 9.10. The Hall–Kier alpha value is -3.91. The van der Waals surface area contributed by atoms with Crippen LogP contribution in [0.5, 0.6) is 0 Å². The molecule has 2 aromatic heterocycles. The number of nitrogens with zero attached hydrogens (tertiary/aromatic N) is 2. The summed E-state index contributed by atoms with van der Waals surface area (Å²) >= 11 is 3.43. The molecule has 0 atom stereocenters. The molecule has 0 saturated carbocycles. The van der Waals surface area contributed by atoms with Crippen LogP contribution in [0, 0.1) is 0 Å². The molecule has 0 fully saturated rings. The molecular formula is C26H21BrN4O3. The number of H-pyrrole nitrogens is 1. The number of fused-ring (bicyclic) bond motifs is 1. The minimum absolute atomic E-state index is 0.241. The fourth-order valence-electron chi connectivity index (χ4n) is 4.08. The number of anilines is 1. The lowest BCUT2D eigenvalue weighted by Crippen LogP contribution is -2.18. The Bertz CT molecular complexity index is 1520. The maximum atomic E-state index is 13.5. The van der Waals surface area contributed by atoms with Gasteiger partial charge in [-0.3, -0.25) is 14.3 Å². The zero-order valence-corrected chi connectivity index (χ0v) is 19.7. The van der Waals surface area contributed by atoms with Crippen LogP contribution in [0.3, 0.4) is 0 Å². The van der Waals surface area contributed by atoms with E-state index in [2.05, 4.69) is 52.6 Å². The minimum Gasteiger partial charge on any atom is -0.336 e. The Kier molecular flexibility index (Phi) is 6.14. The molecule has 0 radical (unpaired) electrons. The topological polar surface area (TPSA) is 92.9 Å². The predicted molar refractivity (Wildman–Crippen MR) is 135 cm³/mol. The zero-order valence-electron chi connectivity index (χ0n) is 18.1. The molecule has 2 N–H and O–H groups in total. The molecule has 7 nitrogen and oxygen atoms in total. The Morgan fingerprint density at radius 2 is 1.82 bits per heavy atom. The van der Waals surface area contributed by atoms with Crippen LogP contribution in [-0.4, -0.2) is 20.6 Å². The molecule has 0 aliphatic carbocycles. The van der Waals surface area contributed by atoms with Crippen molar-refractivity contribution in [2.24, 2.45) is 0 Å². The number of amides is 1. The van der Waals surface area contributed by atoms with Crippen molar-refractivity contribution in [3.8, 4) is 11.4 Å². The van der Waals surface area contributed by atoms with Gasteiger partial charge in [-0.05, 0) is 48.7 Å². The summed E-state index contributed by atoms with van der Waals surface area (Å²) in [6.07, 6.45) is 1.82. The van der Waals surface area contributed by atoms with E-state index in [-0.39, 0.29) is 11.7 Å². The number of hydrogen-bond acceptors (Lipinski definition) is 4. The molecule has 0 aliphatic rings.